The van der Waals surface area contributed by atoms with Crippen LogP contribution in [0, 0.1) is 5.92 Å². The van der Waals surface area contributed by atoms with Crippen molar-refractivity contribution in [1.82, 2.24) is 0 Å². The fourth-order valence-electron chi connectivity index (χ4n) is 2.48. The topological polar surface area (TPSA) is 97.2 Å². The minimum absolute atomic E-state index is 0.0151. The SMILES string of the molecule is CCOC(=O)C1C(C)=NC(=O)N=C1SCC(=O)Nc1ccc(C(C)C)cc1. The molecule has 1 N–H and O–H groups in total. The molecule has 1 aromatic carbocycles. The van der Waals surface area contributed by atoms with E-state index in [1.54, 1.807) is 13.8 Å². The van der Waals surface area contributed by atoms with Gasteiger partial charge in [-0.2, -0.15) is 9.98 Å². The highest BCUT2D eigenvalue weighted by Gasteiger charge is 2.33. The van der Waals surface area contributed by atoms with Crippen LogP contribution in [0.3, 0.4) is 0 Å². The molecule has 1 aromatic rings. The first-order valence-corrected chi connectivity index (χ1v) is 9.67. The number of benzene rings is 1. The third-order valence-electron chi connectivity index (χ3n) is 3.88. The zero-order valence-electron chi connectivity index (χ0n) is 15.8. The Morgan fingerprint density at radius 1 is 1.22 bits per heavy atom. The second-order valence-electron chi connectivity index (χ2n) is 6.28. The maximum Gasteiger partial charge on any atom is 0.367 e. The molecule has 0 bridgehead atoms. The molecule has 27 heavy (non-hydrogen) atoms. The summed E-state index contributed by atoms with van der Waals surface area (Å²) < 4.78 is 5.02. The van der Waals surface area contributed by atoms with Gasteiger partial charge in [0.05, 0.1) is 17.4 Å². The molecule has 1 aliphatic heterocycles. The molecule has 1 aliphatic rings. The molecule has 0 fully saturated rings. The number of esters is 1. The molecule has 8 heteroatoms. The Morgan fingerprint density at radius 3 is 2.48 bits per heavy atom. The van der Waals surface area contributed by atoms with E-state index >= 15 is 0 Å². The fraction of sp³-hybridized carbons (Fsp3) is 0.421. The number of urea groups is 1. The number of rotatable bonds is 6. The third-order valence-corrected chi connectivity index (χ3v) is 4.91. The number of carbonyl (C=O) groups is 3. The van der Waals surface area contributed by atoms with Crippen LogP contribution >= 0.6 is 11.8 Å². The van der Waals surface area contributed by atoms with E-state index in [0.29, 0.717) is 17.3 Å². The van der Waals surface area contributed by atoms with Crippen molar-refractivity contribution in [2.45, 2.75) is 33.6 Å². The van der Waals surface area contributed by atoms with E-state index in [1.807, 2.05) is 24.3 Å². The number of ether oxygens (including phenoxy) is 1. The first-order valence-electron chi connectivity index (χ1n) is 8.68. The Labute approximate surface area is 162 Å². The molecule has 3 amide bonds. The highest BCUT2D eigenvalue weighted by molar-refractivity contribution is 8.14. The highest BCUT2D eigenvalue weighted by Crippen LogP contribution is 2.22. The third kappa shape index (κ3) is 5.75. The van der Waals surface area contributed by atoms with Gasteiger partial charge >= 0.3 is 12.0 Å². The maximum absolute atomic E-state index is 12.2. The van der Waals surface area contributed by atoms with Gasteiger partial charge in [-0.05, 0) is 37.5 Å². The van der Waals surface area contributed by atoms with E-state index < -0.39 is 17.9 Å². The Balaban J connectivity index is 1.99. The quantitative estimate of drug-likeness (QED) is 0.749. The Hall–Kier alpha value is -2.48. The molecule has 0 radical (unpaired) electrons. The summed E-state index contributed by atoms with van der Waals surface area (Å²) in [5, 5.41) is 3.03. The summed E-state index contributed by atoms with van der Waals surface area (Å²) in [7, 11) is 0. The van der Waals surface area contributed by atoms with Crippen molar-refractivity contribution in [3.05, 3.63) is 29.8 Å². The van der Waals surface area contributed by atoms with Gasteiger partial charge < -0.3 is 10.1 Å². The molecule has 0 aliphatic carbocycles. The summed E-state index contributed by atoms with van der Waals surface area (Å²) in [5.41, 5.74) is 2.19. The van der Waals surface area contributed by atoms with Gasteiger partial charge in [-0.3, -0.25) is 9.59 Å². The van der Waals surface area contributed by atoms with Gasteiger partial charge in [0.1, 0.15) is 5.92 Å². The van der Waals surface area contributed by atoms with Gasteiger partial charge in [0.25, 0.3) is 0 Å². The van der Waals surface area contributed by atoms with Crippen molar-refractivity contribution in [3.63, 3.8) is 0 Å². The Kier molecular flexibility index (Phi) is 7.29. The summed E-state index contributed by atoms with van der Waals surface area (Å²) in [6, 6.07) is 6.94. The summed E-state index contributed by atoms with van der Waals surface area (Å²) in [6.07, 6.45) is 0. The first-order chi connectivity index (χ1) is 12.8. The standard InChI is InChI=1S/C19H23N3O4S/c1-5-26-18(24)16-12(4)20-19(25)22-17(16)27-10-15(23)21-14-8-6-13(7-9-14)11(2)3/h6-9,11,16H,5,10H2,1-4H3,(H,21,23). The number of aliphatic imine (C=N–C) groups is 2. The van der Waals surface area contributed by atoms with Gasteiger partial charge in [-0.1, -0.05) is 37.7 Å². The van der Waals surface area contributed by atoms with Crippen LogP contribution in [0.1, 0.15) is 39.2 Å². The van der Waals surface area contributed by atoms with Crippen LogP contribution in [0.2, 0.25) is 0 Å². The lowest BCUT2D eigenvalue weighted by molar-refractivity contribution is -0.143. The fourth-order valence-corrected chi connectivity index (χ4v) is 3.41. The number of nitrogens with one attached hydrogen (secondary N) is 1. The molecule has 1 atom stereocenters. The van der Waals surface area contributed by atoms with E-state index in [-0.39, 0.29) is 23.3 Å². The zero-order chi connectivity index (χ0) is 20.0. The average Bonchev–Trinajstić information content (AvgIpc) is 2.60. The van der Waals surface area contributed by atoms with Crippen molar-refractivity contribution >= 4 is 46.1 Å². The number of amides is 3. The van der Waals surface area contributed by atoms with Gasteiger partial charge in [0, 0.05) is 11.4 Å². The second kappa shape index (κ2) is 9.45. The number of hydrogen-bond acceptors (Lipinski definition) is 5. The largest absolute Gasteiger partial charge is 0.465 e. The molecule has 2 rings (SSSR count). The van der Waals surface area contributed by atoms with Crippen LogP contribution in [0.5, 0.6) is 0 Å². The molecule has 0 spiro atoms. The second-order valence-corrected chi connectivity index (χ2v) is 7.28. The van der Waals surface area contributed by atoms with E-state index in [9.17, 15) is 14.4 Å². The number of nitrogens with zero attached hydrogens (tertiary/aromatic N) is 2. The molecule has 0 saturated heterocycles. The van der Waals surface area contributed by atoms with Crippen LogP contribution < -0.4 is 5.32 Å². The number of hydrogen-bond donors (Lipinski definition) is 1. The van der Waals surface area contributed by atoms with Crippen LogP contribution in [0.4, 0.5) is 10.5 Å². The predicted molar refractivity (Wildman–Crippen MR) is 108 cm³/mol. The highest BCUT2D eigenvalue weighted by atomic mass is 32.2. The number of thioether (sulfide) groups is 1. The monoisotopic (exact) mass is 389 g/mol. The molecular formula is C19H23N3O4S. The van der Waals surface area contributed by atoms with E-state index in [4.69, 9.17) is 4.74 Å². The number of carbonyl (C=O) groups excluding carboxylic acids is 3. The summed E-state index contributed by atoms with van der Waals surface area (Å²) >= 11 is 1.04. The molecule has 1 heterocycles. The Morgan fingerprint density at radius 2 is 1.89 bits per heavy atom. The zero-order valence-corrected chi connectivity index (χ0v) is 16.6. The van der Waals surface area contributed by atoms with Crippen LogP contribution in [0.15, 0.2) is 34.3 Å². The Bertz CT molecular complexity index is 785. The van der Waals surface area contributed by atoms with Crippen molar-refractivity contribution in [3.8, 4) is 0 Å². The molecule has 144 valence electrons. The molecule has 0 aromatic heterocycles. The minimum Gasteiger partial charge on any atom is -0.465 e. The van der Waals surface area contributed by atoms with E-state index in [1.165, 1.54) is 5.56 Å². The molecule has 0 saturated carbocycles. The maximum atomic E-state index is 12.2. The number of anilines is 1. The van der Waals surface area contributed by atoms with E-state index in [2.05, 4.69) is 29.1 Å². The molecule has 7 nitrogen and oxygen atoms in total. The van der Waals surface area contributed by atoms with Gasteiger partial charge in [0.2, 0.25) is 5.91 Å². The lowest BCUT2D eigenvalue weighted by Crippen LogP contribution is -2.34. The lowest BCUT2D eigenvalue weighted by atomic mass is 10.0. The van der Waals surface area contributed by atoms with Gasteiger partial charge in [-0.25, -0.2) is 4.79 Å². The van der Waals surface area contributed by atoms with Crippen LogP contribution in [-0.4, -0.2) is 41.0 Å². The van der Waals surface area contributed by atoms with Gasteiger partial charge in [-0.15, -0.1) is 0 Å². The van der Waals surface area contributed by atoms with Crippen molar-refractivity contribution < 1.29 is 19.1 Å². The summed E-state index contributed by atoms with van der Waals surface area (Å²) in [6.45, 7) is 7.68. The summed E-state index contributed by atoms with van der Waals surface area (Å²) in [4.78, 5) is 43.5. The molecular weight excluding hydrogens is 366 g/mol. The first kappa shape index (κ1) is 20.8. The van der Waals surface area contributed by atoms with Gasteiger partial charge in [0.15, 0.2) is 0 Å². The summed E-state index contributed by atoms with van der Waals surface area (Å²) in [5.74, 6) is -1.19. The van der Waals surface area contributed by atoms with Crippen LogP contribution in [0.25, 0.3) is 0 Å². The molecule has 1 unspecified atom stereocenters. The smallest absolute Gasteiger partial charge is 0.367 e. The lowest BCUT2D eigenvalue weighted by Gasteiger charge is -2.19. The van der Waals surface area contributed by atoms with Crippen LogP contribution in [-0.2, 0) is 14.3 Å². The van der Waals surface area contributed by atoms with E-state index in [0.717, 1.165) is 11.8 Å². The predicted octanol–water partition coefficient (Wildman–Crippen LogP) is 3.65. The minimum atomic E-state index is -0.842. The average molecular weight is 389 g/mol. The van der Waals surface area contributed by atoms with Crippen molar-refractivity contribution in [1.29, 1.82) is 0 Å². The normalized spacial score (nSPS) is 16.6. The van der Waals surface area contributed by atoms with Crippen molar-refractivity contribution in [2.75, 3.05) is 17.7 Å². The van der Waals surface area contributed by atoms with Crippen molar-refractivity contribution in [2.24, 2.45) is 15.9 Å².